The van der Waals surface area contributed by atoms with Gasteiger partial charge in [0.1, 0.15) is 0 Å². The van der Waals surface area contributed by atoms with Gasteiger partial charge in [-0.3, -0.25) is 9.13 Å². The van der Waals surface area contributed by atoms with Crippen LogP contribution in [0.2, 0.25) is 0 Å². The summed E-state index contributed by atoms with van der Waals surface area (Å²) in [4.78, 5) is 12.4. The third kappa shape index (κ3) is 3.03. The number of hydrogen-bond donors (Lipinski definition) is 0. The summed E-state index contributed by atoms with van der Waals surface area (Å²) in [5, 5.41) is 0. The molecular formula is C14H21N3O3S. The summed E-state index contributed by atoms with van der Waals surface area (Å²) in [7, 11) is -0.185. The van der Waals surface area contributed by atoms with Crippen LogP contribution in [-0.2, 0) is 23.1 Å². The number of aryl methyl sites for hydroxylation is 2. The Hall–Kier alpha value is -1.60. The summed E-state index contributed by atoms with van der Waals surface area (Å²) in [5.41, 5.74) is 1.66. The van der Waals surface area contributed by atoms with Gasteiger partial charge in [-0.2, -0.15) is 0 Å². The van der Waals surface area contributed by atoms with E-state index in [9.17, 15) is 13.2 Å². The Labute approximate surface area is 124 Å². The lowest BCUT2D eigenvalue weighted by atomic mass is 10.3. The number of rotatable bonds is 6. The van der Waals surface area contributed by atoms with Crippen LogP contribution < -0.4 is 5.69 Å². The highest BCUT2D eigenvalue weighted by atomic mass is 32.2. The van der Waals surface area contributed by atoms with E-state index in [1.807, 2.05) is 31.2 Å². The van der Waals surface area contributed by atoms with Gasteiger partial charge in [0, 0.05) is 27.2 Å². The molecule has 21 heavy (non-hydrogen) atoms. The minimum absolute atomic E-state index is 0.0398. The summed E-state index contributed by atoms with van der Waals surface area (Å²) < 4.78 is 28.1. The zero-order chi connectivity index (χ0) is 15.6. The minimum atomic E-state index is -3.22. The number of sulfonamides is 1. The van der Waals surface area contributed by atoms with E-state index in [1.54, 1.807) is 9.13 Å². The van der Waals surface area contributed by atoms with Gasteiger partial charge < -0.3 is 0 Å². The first kappa shape index (κ1) is 15.8. The van der Waals surface area contributed by atoms with Gasteiger partial charge in [-0.15, -0.1) is 0 Å². The van der Waals surface area contributed by atoms with Crippen molar-refractivity contribution in [1.82, 2.24) is 13.4 Å². The summed E-state index contributed by atoms with van der Waals surface area (Å²) in [6.07, 6.45) is 0.415. The lowest BCUT2D eigenvalue weighted by Gasteiger charge is -2.11. The molecule has 6 nitrogen and oxygen atoms in total. The van der Waals surface area contributed by atoms with Crippen molar-refractivity contribution in [3.05, 3.63) is 34.7 Å². The second-order valence-electron chi connectivity index (χ2n) is 5.12. The predicted molar refractivity (Wildman–Crippen MR) is 84.0 cm³/mol. The molecule has 0 spiro atoms. The van der Waals surface area contributed by atoms with Crippen molar-refractivity contribution in [3.63, 3.8) is 0 Å². The number of para-hydroxylation sites is 2. The molecule has 7 heteroatoms. The van der Waals surface area contributed by atoms with E-state index in [0.29, 0.717) is 19.5 Å². The van der Waals surface area contributed by atoms with Crippen molar-refractivity contribution < 1.29 is 8.42 Å². The van der Waals surface area contributed by atoms with Crippen LogP contribution in [0, 0.1) is 0 Å². The maximum atomic E-state index is 12.4. The fraction of sp³-hybridized carbons (Fsp3) is 0.500. The van der Waals surface area contributed by atoms with Crippen LogP contribution in [0.3, 0.4) is 0 Å². The van der Waals surface area contributed by atoms with Crippen molar-refractivity contribution in [2.24, 2.45) is 0 Å². The van der Waals surface area contributed by atoms with Crippen molar-refractivity contribution >= 4 is 21.1 Å². The zero-order valence-corrected chi connectivity index (χ0v) is 13.4. The first-order chi connectivity index (χ1) is 9.88. The molecule has 0 unspecified atom stereocenters. The van der Waals surface area contributed by atoms with Crippen LogP contribution in [0.15, 0.2) is 29.1 Å². The molecule has 0 aliphatic rings. The molecule has 0 radical (unpaired) electrons. The number of nitrogens with zero attached hydrogens (tertiary/aromatic N) is 3. The number of hydrogen-bond acceptors (Lipinski definition) is 3. The Kier molecular flexibility index (Phi) is 4.53. The van der Waals surface area contributed by atoms with E-state index < -0.39 is 10.0 Å². The molecule has 0 N–H and O–H groups in total. The third-order valence-electron chi connectivity index (χ3n) is 3.58. The molecule has 0 amide bonds. The van der Waals surface area contributed by atoms with E-state index in [4.69, 9.17) is 0 Å². The zero-order valence-electron chi connectivity index (χ0n) is 12.6. The molecule has 116 valence electrons. The topological polar surface area (TPSA) is 64.3 Å². The first-order valence-corrected chi connectivity index (χ1v) is 8.57. The van der Waals surface area contributed by atoms with E-state index in [2.05, 4.69) is 0 Å². The predicted octanol–water partition coefficient (Wildman–Crippen LogP) is 1.10. The van der Waals surface area contributed by atoms with Gasteiger partial charge in [0.25, 0.3) is 0 Å². The molecule has 2 aromatic rings. The van der Waals surface area contributed by atoms with Gasteiger partial charge in [0.05, 0.1) is 16.8 Å². The second kappa shape index (κ2) is 6.03. The number of benzene rings is 1. The van der Waals surface area contributed by atoms with Gasteiger partial charge in [-0.05, 0) is 25.5 Å². The Morgan fingerprint density at radius 3 is 2.19 bits per heavy atom. The molecule has 0 aliphatic carbocycles. The van der Waals surface area contributed by atoms with E-state index >= 15 is 0 Å². The molecule has 0 saturated heterocycles. The monoisotopic (exact) mass is 311 g/mol. The van der Waals surface area contributed by atoms with Crippen LogP contribution in [0.25, 0.3) is 11.0 Å². The molecule has 2 rings (SSSR count). The van der Waals surface area contributed by atoms with Crippen molar-refractivity contribution in [1.29, 1.82) is 0 Å². The summed E-state index contributed by atoms with van der Waals surface area (Å²) in [6, 6.07) is 7.58. The second-order valence-corrected chi connectivity index (χ2v) is 7.42. The lowest BCUT2D eigenvalue weighted by Crippen LogP contribution is -2.28. The summed E-state index contributed by atoms with van der Waals surface area (Å²) in [6.45, 7) is 2.93. The quantitative estimate of drug-likeness (QED) is 0.802. The first-order valence-electron chi connectivity index (χ1n) is 6.96. The van der Waals surface area contributed by atoms with Crippen molar-refractivity contribution in [3.8, 4) is 0 Å². The smallest absolute Gasteiger partial charge is 0.292 e. The fourth-order valence-corrected chi connectivity index (χ4v) is 3.24. The average molecular weight is 311 g/mol. The summed E-state index contributed by atoms with van der Waals surface area (Å²) in [5.74, 6) is 0.0398. The normalized spacial score (nSPS) is 12.4. The third-order valence-corrected chi connectivity index (χ3v) is 5.50. The largest absolute Gasteiger partial charge is 0.329 e. The van der Waals surface area contributed by atoms with Crippen molar-refractivity contribution in [2.45, 2.75) is 26.4 Å². The highest BCUT2D eigenvalue weighted by molar-refractivity contribution is 7.89. The van der Waals surface area contributed by atoms with Gasteiger partial charge in [0.2, 0.25) is 10.0 Å². The number of imidazole rings is 1. The van der Waals surface area contributed by atoms with Crippen LogP contribution in [-0.4, -0.2) is 41.7 Å². The molecule has 0 aliphatic heterocycles. The SMILES string of the molecule is CCn1c(=O)n(CCCS(=O)(=O)N(C)C)c2ccccc21. The van der Waals surface area contributed by atoms with E-state index in [-0.39, 0.29) is 11.4 Å². The fourth-order valence-electron chi connectivity index (χ4n) is 2.38. The Balaban J connectivity index is 2.28. The van der Waals surface area contributed by atoms with Crippen molar-refractivity contribution in [2.75, 3.05) is 19.8 Å². The maximum Gasteiger partial charge on any atom is 0.329 e. The minimum Gasteiger partial charge on any atom is -0.292 e. The summed E-state index contributed by atoms with van der Waals surface area (Å²) >= 11 is 0. The van der Waals surface area contributed by atoms with E-state index in [1.165, 1.54) is 18.4 Å². The number of fused-ring (bicyclic) bond motifs is 1. The average Bonchev–Trinajstić information content (AvgIpc) is 2.71. The number of aromatic nitrogens is 2. The molecule has 1 aromatic heterocycles. The molecule has 0 bridgehead atoms. The molecule has 1 heterocycles. The van der Waals surface area contributed by atoms with Crippen LogP contribution in [0.4, 0.5) is 0 Å². The molecule has 0 fully saturated rings. The molecular weight excluding hydrogens is 290 g/mol. The van der Waals surface area contributed by atoms with Gasteiger partial charge >= 0.3 is 5.69 Å². The Bertz CT molecular complexity index is 787. The van der Waals surface area contributed by atoms with Gasteiger partial charge in [0.15, 0.2) is 0 Å². The lowest BCUT2D eigenvalue weighted by molar-refractivity contribution is 0.514. The molecule has 0 atom stereocenters. The molecule has 1 aromatic carbocycles. The Morgan fingerprint density at radius 2 is 1.67 bits per heavy atom. The highest BCUT2D eigenvalue weighted by Crippen LogP contribution is 2.13. The standard InChI is InChI=1S/C14H21N3O3S/c1-4-16-12-8-5-6-9-13(12)17(14(16)18)10-7-11-21(19,20)15(2)3/h5-6,8-9H,4,7,10-11H2,1-3H3. The van der Waals surface area contributed by atoms with Crippen LogP contribution in [0.5, 0.6) is 0 Å². The van der Waals surface area contributed by atoms with E-state index in [0.717, 1.165) is 11.0 Å². The molecule has 0 saturated carbocycles. The van der Waals surface area contributed by atoms with Crippen LogP contribution >= 0.6 is 0 Å². The van der Waals surface area contributed by atoms with Crippen LogP contribution in [0.1, 0.15) is 13.3 Å². The van der Waals surface area contributed by atoms with Gasteiger partial charge in [-0.25, -0.2) is 17.5 Å². The maximum absolute atomic E-state index is 12.4. The Morgan fingerprint density at radius 1 is 1.10 bits per heavy atom. The van der Waals surface area contributed by atoms with Gasteiger partial charge in [-0.1, -0.05) is 12.1 Å². The highest BCUT2D eigenvalue weighted by Gasteiger charge is 2.15.